The first-order chi connectivity index (χ1) is 15.5. The number of likely N-dealkylation sites (tertiary alicyclic amines) is 1. The Morgan fingerprint density at radius 2 is 1.97 bits per heavy atom. The lowest BCUT2D eigenvalue weighted by Gasteiger charge is -2.24. The number of hydrogen-bond donors (Lipinski definition) is 1. The standard InChI is InChI=1S/C23H28N2O7/c1-28-16-9-13(10-17(29-2)20(16)30-3)24-21(26)18-15-6-7-23(32-15)12-25(22(27)19(18)23)11-14-5-4-8-31-14/h6-7,9-10,14-15,18-19H,4-5,8,11-12H2,1-3H3,(H,24,26)/t14-,15+,18+,19-,23+/m0/s1. The molecule has 1 N–H and O–H groups in total. The molecule has 2 amide bonds. The maximum Gasteiger partial charge on any atom is 0.231 e. The van der Waals surface area contributed by atoms with Crippen molar-refractivity contribution in [2.24, 2.45) is 11.8 Å². The number of amides is 2. The van der Waals surface area contributed by atoms with Crippen molar-refractivity contribution in [2.75, 3.05) is 46.3 Å². The van der Waals surface area contributed by atoms with Gasteiger partial charge in [0.25, 0.3) is 0 Å². The molecular formula is C23H28N2O7. The number of carbonyl (C=O) groups is 2. The van der Waals surface area contributed by atoms with Crippen molar-refractivity contribution in [3.63, 3.8) is 0 Å². The molecule has 1 aromatic carbocycles. The van der Waals surface area contributed by atoms with Crippen molar-refractivity contribution >= 4 is 17.5 Å². The molecular weight excluding hydrogens is 416 g/mol. The molecule has 172 valence electrons. The Morgan fingerprint density at radius 3 is 2.59 bits per heavy atom. The van der Waals surface area contributed by atoms with Gasteiger partial charge in [-0.2, -0.15) is 0 Å². The minimum absolute atomic E-state index is 0.0441. The van der Waals surface area contributed by atoms with Gasteiger partial charge in [0, 0.05) is 31.0 Å². The molecule has 5 rings (SSSR count). The van der Waals surface area contributed by atoms with Crippen LogP contribution in [0.5, 0.6) is 17.2 Å². The van der Waals surface area contributed by atoms with E-state index in [9.17, 15) is 9.59 Å². The first-order valence-corrected chi connectivity index (χ1v) is 10.9. The highest BCUT2D eigenvalue weighted by Gasteiger charge is 2.66. The van der Waals surface area contributed by atoms with Gasteiger partial charge < -0.3 is 33.9 Å². The molecule has 3 fully saturated rings. The van der Waals surface area contributed by atoms with E-state index < -0.39 is 23.5 Å². The van der Waals surface area contributed by atoms with Gasteiger partial charge in [-0.05, 0) is 12.8 Å². The number of benzene rings is 1. The van der Waals surface area contributed by atoms with Crippen LogP contribution >= 0.6 is 0 Å². The summed E-state index contributed by atoms with van der Waals surface area (Å²) in [7, 11) is 4.55. The lowest BCUT2D eigenvalue weighted by Crippen LogP contribution is -2.42. The largest absolute Gasteiger partial charge is 0.493 e. The van der Waals surface area contributed by atoms with Gasteiger partial charge in [-0.25, -0.2) is 0 Å². The number of ether oxygens (including phenoxy) is 5. The average molecular weight is 444 g/mol. The first kappa shape index (κ1) is 21.1. The summed E-state index contributed by atoms with van der Waals surface area (Å²) in [5.41, 5.74) is -0.246. The highest BCUT2D eigenvalue weighted by atomic mass is 16.5. The van der Waals surface area contributed by atoms with E-state index >= 15 is 0 Å². The Labute approximate surface area is 186 Å². The molecule has 4 heterocycles. The third kappa shape index (κ3) is 3.22. The van der Waals surface area contributed by atoms with E-state index in [-0.39, 0.29) is 17.9 Å². The van der Waals surface area contributed by atoms with Crippen molar-refractivity contribution in [3.05, 3.63) is 24.3 Å². The second kappa shape index (κ2) is 7.97. The number of anilines is 1. The zero-order valence-electron chi connectivity index (χ0n) is 18.5. The van der Waals surface area contributed by atoms with Crippen LogP contribution in [0, 0.1) is 11.8 Å². The van der Waals surface area contributed by atoms with Gasteiger partial charge in [-0.3, -0.25) is 9.59 Å². The van der Waals surface area contributed by atoms with E-state index in [2.05, 4.69) is 5.32 Å². The van der Waals surface area contributed by atoms with Crippen LogP contribution in [0.3, 0.4) is 0 Å². The van der Waals surface area contributed by atoms with Gasteiger partial charge in [0.15, 0.2) is 11.5 Å². The fourth-order valence-electron chi connectivity index (χ4n) is 5.45. The number of fused-ring (bicyclic) bond motifs is 1. The van der Waals surface area contributed by atoms with E-state index in [1.54, 1.807) is 17.0 Å². The zero-order valence-corrected chi connectivity index (χ0v) is 18.5. The minimum Gasteiger partial charge on any atom is -0.493 e. The summed E-state index contributed by atoms with van der Waals surface area (Å²) in [5, 5.41) is 2.92. The van der Waals surface area contributed by atoms with Crippen molar-refractivity contribution in [2.45, 2.75) is 30.7 Å². The third-order valence-corrected chi connectivity index (χ3v) is 6.86. The second-order valence-corrected chi connectivity index (χ2v) is 8.66. The van der Waals surface area contributed by atoms with E-state index in [0.29, 0.717) is 36.0 Å². The summed E-state index contributed by atoms with van der Waals surface area (Å²) in [5.74, 6) is -0.161. The number of nitrogens with one attached hydrogen (secondary N) is 1. The van der Waals surface area contributed by atoms with E-state index in [1.807, 2.05) is 12.2 Å². The Bertz CT molecular complexity index is 933. The third-order valence-electron chi connectivity index (χ3n) is 6.86. The number of methoxy groups -OCH3 is 3. The lowest BCUT2D eigenvalue weighted by atomic mass is 9.77. The Kier molecular flexibility index (Phi) is 5.25. The number of hydrogen-bond acceptors (Lipinski definition) is 7. The molecule has 4 aliphatic heterocycles. The molecule has 32 heavy (non-hydrogen) atoms. The van der Waals surface area contributed by atoms with Gasteiger partial charge in [0.05, 0.1) is 51.9 Å². The van der Waals surface area contributed by atoms with Gasteiger partial charge in [-0.1, -0.05) is 12.2 Å². The van der Waals surface area contributed by atoms with Gasteiger partial charge >= 0.3 is 0 Å². The van der Waals surface area contributed by atoms with Crippen molar-refractivity contribution in [1.82, 2.24) is 4.90 Å². The van der Waals surface area contributed by atoms with Crippen LogP contribution in [0.25, 0.3) is 0 Å². The summed E-state index contributed by atoms with van der Waals surface area (Å²) in [4.78, 5) is 28.5. The highest BCUT2D eigenvalue weighted by molar-refractivity contribution is 5.99. The smallest absolute Gasteiger partial charge is 0.231 e. The molecule has 9 nitrogen and oxygen atoms in total. The fraction of sp³-hybridized carbons (Fsp3) is 0.565. The molecule has 5 atom stereocenters. The molecule has 0 saturated carbocycles. The van der Waals surface area contributed by atoms with Crippen molar-refractivity contribution < 1.29 is 33.3 Å². The van der Waals surface area contributed by atoms with E-state index in [4.69, 9.17) is 23.7 Å². The molecule has 0 aromatic heterocycles. The van der Waals surface area contributed by atoms with Crippen molar-refractivity contribution in [1.29, 1.82) is 0 Å². The topological polar surface area (TPSA) is 95.6 Å². The van der Waals surface area contributed by atoms with Crippen LogP contribution in [-0.2, 0) is 19.1 Å². The predicted molar refractivity (Wildman–Crippen MR) is 114 cm³/mol. The molecule has 9 heteroatoms. The lowest BCUT2D eigenvalue weighted by molar-refractivity contribution is -0.136. The highest BCUT2D eigenvalue weighted by Crippen LogP contribution is 2.52. The Balaban J connectivity index is 1.37. The first-order valence-electron chi connectivity index (χ1n) is 10.9. The number of nitrogens with zero attached hydrogens (tertiary/aromatic N) is 1. The van der Waals surface area contributed by atoms with Crippen LogP contribution in [0.1, 0.15) is 12.8 Å². The van der Waals surface area contributed by atoms with Gasteiger partial charge in [0.2, 0.25) is 17.6 Å². The maximum atomic E-state index is 13.4. The molecule has 4 aliphatic rings. The molecule has 0 aliphatic carbocycles. The van der Waals surface area contributed by atoms with Crippen LogP contribution in [0.15, 0.2) is 24.3 Å². The van der Waals surface area contributed by atoms with Crippen LogP contribution in [0.4, 0.5) is 5.69 Å². The molecule has 1 aromatic rings. The summed E-state index contributed by atoms with van der Waals surface area (Å²) < 4.78 is 28.0. The number of carbonyl (C=O) groups excluding carboxylic acids is 2. The molecule has 0 unspecified atom stereocenters. The average Bonchev–Trinajstić information content (AvgIpc) is 3.56. The minimum atomic E-state index is -0.738. The number of rotatable bonds is 7. The molecule has 0 radical (unpaired) electrons. The summed E-state index contributed by atoms with van der Waals surface area (Å²) >= 11 is 0. The molecule has 1 spiro atoms. The summed E-state index contributed by atoms with van der Waals surface area (Å²) in [6.07, 6.45) is 5.46. The normalized spacial score (nSPS) is 32.3. The summed E-state index contributed by atoms with van der Waals surface area (Å²) in [6.45, 7) is 1.73. The predicted octanol–water partition coefficient (Wildman–Crippen LogP) is 1.61. The SMILES string of the molecule is COc1cc(NC(=O)[C@H]2[C@H]3C(=O)N(C[C@@H]4CCCO4)C[C@]34C=C[C@H]2O4)cc(OC)c1OC. The maximum absolute atomic E-state index is 13.4. The summed E-state index contributed by atoms with van der Waals surface area (Å²) in [6, 6.07) is 3.33. The second-order valence-electron chi connectivity index (χ2n) is 8.66. The van der Waals surface area contributed by atoms with E-state index in [0.717, 1.165) is 19.4 Å². The Morgan fingerprint density at radius 1 is 1.22 bits per heavy atom. The Hall–Kier alpha value is -2.78. The monoisotopic (exact) mass is 444 g/mol. The van der Waals surface area contributed by atoms with E-state index in [1.165, 1.54) is 21.3 Å². The fourth-order valence-corrected chi connectivity index (χ4v) is 5.45. The van der Waals surface area contributed by atoms with Gasteiger partial charge in [0.1, 0.15) is 5.60 Å². The van der Waals surface area contributed by atoms with Crippen LogP contribution < -0.4 is 19.5 Å². The van der Waals surface area contributed by atoms with Crippen molar-refractivity contribution in [3.8, 4) is 17.2 Å². The van der Waals surface area contributed by atoms with Crippen LogP contribution in [-0.4, -0.2) is 75.5 Å². The molecule has 2 bridgehead atoms. The van der Waals surface area contributed by atoms with Crippen LogP contribution in [0.2, 0.25) is 0 Å². The quantitative estimate of drug-likeness (QED) is 0.639. The van der Waals surface area contributed by atoms with Gasteiger partial charge in [-0.15, -0.1) is 0 Å². The zero-order chi connectivity index (χ0) is 22.5. The molecule has 3 saturated heterocycles.